The maximum Gasteiger partial charge on any atom is 0.226 e. The van der Waals surface area contributed by atoms with Gasteiger partial charge in [-0.05, 0) is 23.7 Å². The summed E-state index contributed by atoms with van der Waals surface area (Å²) in [5.41, 5.74) is 3.53. The SMILES string of the molecule is CNCC(C)C(=O)N(C)Cc1ccccc1-c1ccccc1. The highest BCUT2D eigenvalue weighted by Crippen LogP contribution is 2.24. The summed E-state index contributed by atoms with van der Waals surface area (Å²) in [5.74, 6) is 0.149. The smallest absolute Gasteiger partial charge is 0.226 e. The van der Waals surface area contributed by atoms with Crippen LogP contribution in [0, 0.1) is 5.92 Å². The van der Waals surface area contributed by atoms with Gasteiger partial charge in [0.25, 0.3) is 0 Å². The molecule has 2 rings (SSSR count). The predicted molar refractivity (Wildman–Crippen MR) is 91.4 cm³/mol. The van der Waals surface area contributed by atoms with Gasteiger partial charge in [0.05, 0.1) is 0 Å². The van der Waals surface area contributed by atoms with Gasteiger partial charge in [0.15, 0.2) is 0 Å². The van der Waals surface area contributed by atoms with E-state index in [2.05, 4.69) is 29.6 Å². The van der Waals surface area contributed by atoms with Crippen LogP contribution in [0.15, 0.2) is 54.6 Å². The van der Waals surface area contributed by atoms with Crippen LogP contribution in [-0.4, -0.2) is 31.4 Å². The van der Waals surface area contributed by atoms with Gasteiger partial charge in [-0.15, -0.1) is 0 Å². The van der Waals surface area contributed by atoms with Crippen LogP contribution in [0.1, 0.15) is 12.5 Å². The molecule has 2 aromatic rings. The number of carbonyl (C=O) groups is 1. The Hall–Kier alpha value is -2.13. The second-order valence-electron chi connectivity index (χ2n) is 5.68. The first-order chi connectivity index (χ1) is 10.6. The molecule has 0 aliphatic rings. The second kappa shape index (κ2) is 7.76. The van der Waals surface area contributed by atoms with Gasteiger partial charge < -0.3 is 10.2 Å². The minimum atomic E-state index is -0.0149. The standard InChI is InChI=1S/C19H24N2O/c1-15(13-20-2)19(22)21(3)14-17-11-7-8-12-18(17)16-9-5-4-6-10-16/h4-12,15,20H,13-14H2,1-3H3. The summed E-state index contributed by atoms with van der Waals surface area (Å²) in [4.78, 5) is 14.2. The Morgan fingerprint density at radius 2 is 1.73 bits per heavy atom. The van der Waals surface area contributed by atoms with Gasteiger partial charge in [0.1, 0.15) is 0 Å². The normalized spacial score (nSPS) is 12.0. The maximum absolute atomic E-state index is 12.4. The Balaban J connectivity index is 2.18. The van der Waals surface area contributed by atoms with E-state index in [0.717, 1.165) is 0 Å². The Kier molecular flexibility index (Phi) is 5.73. The summed E-state index contributed by atoms with van der Waals surface area (Å²) in [7, 11) is 3.74. The van der Waals surface area contributed by atoms with Crippen molar-refractivity contribution in [3.63, 3.8) is 0 Å². The van der Waals surface area contributed by atoms with Crippen molar-refractivity contribution in [3.8, 4) is 11.1 Å². The zero-order valence-electron chi connectivity index (χ0n) is 13.5. The Morgan fingerprint density at radius 1 is 1.09 bits per heavy atom. The fourth-order valence-electron chi connectivity index (χ4n) is 2.66. The number of carbonyl (C=O) groups excluding carboxylic acids is 1. The van der Waals surface area contributed by atoms with Gasteiger partial charge in [-0.3, -0.25) is 4.79 Å². The van der Waals surface area contributed by atoms with Crippen LogP contribution < -0.4 is 5.32 Å². The van der Waals surface area contributed by atoms with Crippen molar-refractivity contribution in [2.45, 2.75) is 13.5 Å². The first kappa shape index (κ1) is 16.2. The molecule has 0 bridgehead atoms. The number of rotatable bonds is 6. The van der Waals surface area contributed by atoms with Gasteiger partial charge in [-0.1, -0.05) is 61.5 Å². The van der Waals surface area contributed by atoms with E-state index in [1.807, 2.05) is 56.3 Å². The Bertz CT molecular complexity index is 610. The molecule has 3 heteroatoms. The quantitative estimate of drug-likeness (QED) is 0.888. The van der Waals surface area contributed by atoms with Gasteiger partial charge in [0, 0.05) is 26.1 Å². The molecule has 0 heterocycles. The number of benzene rings is 2. The lowest BCUT2D eigenvalue weighted by Gasteiger charge is -2.22. The topological polar surface area (TPSA) is 32.3 Å². The molecule has 0 saturated carbocycles. The van der Waals surface area contributed by atoms with Crippen LogP contribution in [0.4, 0.5) is 0 Å². The molecule has 1 unspecified atom stereocenters. The Morgan fingerprint density at radius 3 is 2.41 bits per heavy atom. The largest absolute Gasteiger partial charge is 0.341 e. The van der Waals surface area contributed by atoms with Gasteiger partial charge in [-0.2, -0.15) is 0 Å². The van der Waals surface area contributed by atoms with Crippen LogP contribution in [-0.2, 0) is 11.3 Å². The van der Waals surface area contributed by atoms with E-state index in [9.17, 15) is 4.79 Å². The van der Waals surface area contributed by atoms with E-state index in [4.69, 9.17) is 0 Å². The molecule has 0 spiro atoms. The third-order valence-corrected chi connectivity index (χ3v) is 3.82. The van der Waals surface area contributed by atoms with E-state index >= 15 is 0 Å². The van der Waals surface area contributed by atoms with Gasteiger partial charge in [-0.25, -0.2) is 0 Å². The molecule has 0 fully saturated rings. The molecule has 0 aromatic heterocycles. The van der Waals surface area contributed by atoms with Crippen molar-refractivity contribution in [3.05, 3.63) is 60.2 Å². The number of nitrogens with one attached hydrogen (secondary N) is 1. The lowest BCUT2D eigenvalue weighted by atomic mass is 9.99. The zero-order chi connectivity index (χ0) is 15.9. The van der Waals surface area contributed by atoms with E-state index in [-0.39, 0.29) is 11.8 Å². The van der Waals surface area contributed by atoms with Crippen LogP contribution in [0.2, 0.25) is 0 Å². The summed E-state index contributed by atoms with van der Waals surface area (Å²) in [6.45, 7) is 3.28. The fraction of sp³-hybridized carbons (Fsp3) is 0.316. The number of nitrogens with zero attached hydrogens (tertiary/aromatic N) is 1. The molecule has 0 radical (unpaired) electrons. The van der Waals surface area contributed by atoms with Crippen molar-refractivity contribution < 1.29 is 4.79 Å². The molecule has 1 amide bonds. The van der Waals surface area contributed by atoms with Crippen molar-refractivity contribution in [2.24, 2.45) is 5.92 Å². The average molecular weight is 296 g/mol. The lowest BCUT2D eigenvalue weighted by Crippen LogP contribution is -2.35. The molecule has 0 saturated heterocycles. The third-order valence-electron chi connectivity index (χ3n) is 3.82. The summed E-state index contributed by atoms with van der Waals surface area (Å²) in [6, 6.07) is 18.6. The van der Waals surface area contributed by atoms with Crippen LogP contribution in [0.25, 0.3) is 11.1 Å². The van der Waals surface area contributed by atoms with E-state index in [1.54, 1.807) is 0 Å². The molecular weight excluding hydrogens is 272 g/mol. The van der Waals surface area contributed by atoms with E-state index in [0.29, 0.717) is 13.1 Å². The first-order valence-electron chi connectivity index (χ1n) is 7.66. The highest BCUT2D eigenvalue weighted by molar-refractivity contribution is 5.79. The van der Waals surface area contributed by atoms with E-state index in [1.165, 1.54) is 16.7 Å². The zero-order valence-corrected chi connectivity index (χ0v) is 13.5. The second-order valence-corrected chi connectivity index (χ2v) is 5.68. The summed E-state index contributed by atoms with van der Waals surface area (Å²) < 4.78 is 0. The molecule has 0 aliphatic carbocycles. The highest BCUT2D eigenvalue weighted by Gasteiger charge is 2.17. The van der Waals surface area contributed by atoms with Crippen molar-refractivity contribution in [1.82, 2.24) is 10.2 Å². The van der Waals surface area contributed by atoms with Crippen molar-refractivity contribution in [2.75, 3.05) is 20.6 Å². The molecule has 22 heavy (non-hydrogen) atoms. The summed E-state index contributed by atoms with van der Waals surface area (Å²) in [6.07, 6.45) is 0. The summed E-state index contributed by atoms with van der Waals surface area (Å²) >= 11 is 0. The molecule has 116 valence electrons. The monoisotopic (exact) mass is 296 g/mol. The minimum absolute atomic E-state index is 0.0149. The third kappa shape index (κ3) is 3.95. The molecule has 3 nitrogen and oxygen atoms in total. The molecule has 1 N–H and O–H groups in total. The molecule has 1 atom stereocenters. The molecular formula is C19H24N2O. The van der Waals surface area contributed by atoms with Gasteiger partial charge in [0.2, 0.25) is 5.91 Å². The molecule has 2 aromatic carbocycles. The van der Waals surface area contributed by atoms with Crippen LogP contribution in [0.5, 0.6) is 0 Å². The number of amides is 1. The van der Waals surface area contributed by atoms with Crippen LogP contribution in [0.3, 0.4) is 0 Å². The lowest BCUT2D eigenvalue weighted by molar-refractivity contribution is -0.134. The maximum atomic E-state index is 12.4. The molecule has 0 aliphatic heterocycles. The summed E-state index contributed by atoms with van der Waals surface area (Å²) in [5, 5.41) is 3.06. The minimum Gasteiger partial charge on any atom is -0.341 e. The number of hydrogen-bond donors (Lipinski definition) is 1. The van der Waals surface area contributed by atoms with Crippen LogP contribution >= 0.6 is 0 Å². The number of hydrogen-bond acceptors (Lipinski definition) is 2. The fourth-order valence-corrected chi connectivity index (χ4v) is 2.66. The predicted octanol–water partition coefficient (Wildman–Crippen LogP) is 3.17. The van der Waals surface area contributed by atoms with E-state index < -0.39 is 0 Å². The Labute approximate surface area is 133 Å². The highest BCUT2D eigenvalue weighted by atomic mass is 16.2. The van der Waals surface area contributed by atoms with Gasteiger partial charge >= 0.3 is 0 Å². The first-order valence-corrected chi connectivity index (χ1v) is 7.66. The van der Waals surface area contributed by atoms with Crippen molar-refractivity contribution in [1.29, 1.82) is 0 Å². The average Bonchev–Trinajstić information content (AvgIpc) is 2.55. The van der Waals surface area contributed by atoms with Crippen molar-refractivity contribution >= 4 is 5.91 Å².